The smallest absolute Gasteiger partial charge is 0.206 e. The highest BCUT2D eigenvalue weighted by molar-refractivity contribution is 14.1. The van der Waals surface area contributed by atoms with Gasteiger partial charge in [0.1, 0.15) is 0 Å². The van der Waals surface area contributed by atoms with Crippen LogP contribution in [0, 0.1) is 3.57 Å². The lowest BCUT2D eigenvalue weighted by Gasteiger charge is -2.03. The van der Waals surface area contributed by atoms with Crippen LogP contribution in [0.5, 0.6) is 0 Å². The molecule has 3 rings (SSSR count). The van der Waals surface area contributed by atoms with E-state index in [0.29, 0.717) is 26.2 Å². The van der Waals surface area contributed by atoms with Crippen LogP contribution >= 0.6 is 57.1 Å². The number of nitrogens with two attached hydrogens (primary N) is 1. The van der Waals surface area contributed by atoms with Crippen LogP contribution < -0.4 is 5.73 Å². The fourth-order valence-corrected chi connectivity index (χ4v) is 4.37. The summed E-state index contributed by atoms with van der Waals surface area (Å²) in [6.07, 6.45) is 0. The first kappa shape index (κ1) is 15.1. The van der Waals surface area contributed by atoms with Gasteiger partial charge in [0.05, 0.1) is 15.6 Å². The highest BCUT2D eigenvalue weighted by Crippen LogP contribution is 2.37. The van der Waals surface area contributed by atoms with Gasteiger partial charge in [0.25, 0.3) is 0 Å². The first-order chi connectivity index (χ1) is 9.97. The molecule has 6 heteroatoms. The standard InChI is InChI=1S/C15H8Cl2INOS/c16-7-1-3-9(11(17)5-7)14(20)15-13(19)10-4-2-8(18)6-12(10)21-15/h1-6H,19H2. The minimum Gasteiger partial charge on any atom is -0.397 e. The maximum absolute atomic E-state index is 12.7. The largest absolute Gasteiger partial charge is 0.397 e. The van der Waals surface area contributed by atoms with E-state index in [9.17, 15) is 4.79 Å². The van der Waals surface area contributed by atoms with E-state index in [2.05, 4.69) is 22.6 Å². The number of hydrogen-bond acceptors (Lipinski definition) is 3. The van der Waals surface area contributed by atoms with Crippen molar-refractivity contribution in [2.45, 2.75) is 0 Å². The monoisotopic (exact) mass is 447 g/mol. The third-order valence-electron chi connectivity index (χ3n) is 3.07. The molecule has 0 saturated carbocycles. The molecular weight excluding hydrogens is 440 g/mol. The highest BCUT2D eigenvalue weighted by atomic mass is 127. The Morgan fingerprint density at radius 3 is 2.62 bits per heavy atom. The zero-order valence-corrected chi connectivity index (χ0v) is 15.0. The molecule has 0 aliphatic carbocycles. The second-order valence-corrected chi connectivity index (χ2v) is 7.58. The minimum absolute atomic E-state index is 0.176. The van der Waals surface area contributed by atoms with Gasteiger partial charge in [-0.2, -0.15) is 0 Å². The molecule has 0 aliphatic heterocycles. The minimum atomic E-state index is -0.176. The topological polar surface area (TPSA) is 43.1 Å². The van der Waals surface area contributed by atoms with E-state index < -0.39 is 0 Å². The van der Waals surface area contributed by atoms with Gasteiger partial charge in [-0.1, -0.05) is 29.3 Å². The van der Waals surface area contributed by atoms with Crippen LogP contribution in [0.3, 0.4) is 0 Å². The first-order valence-electron chi connectivity index (χ1n) is 5.94. The molecule has 1 heterocycles. The van der Waals surface area contributed by atoms with Gasteiger partial charge in [0.2, 0.25) is 5.78 Å². The Hall–Kier alpha value is -0.820. The van der Waals surface area contributed by atoms with E-state index in [1.807, 2.05) is 18.2 Å². The molecule has 0 spiro atoms. The van der Waals surface area contributed by atoms with Crippen LogP contribution in [0.15, 0.2) is 36.4 Å². The van der Waals surface area contributed by atoms with Crippen molar-refractivity contribution in [3.8, 4) is 0 Å². The quantitative estimate of drug-likeness (QED) is 0.408. The van der Waals surface area contributed by atoms with Crippen molar-refractivity contribution in [3.63, 3.8) is 0 Å². The van der Waals surface area contributed by atoms with Gasteiger partial charge in [-0.25, -0.2) is 0 Å². The fraction of sp³-hybridized carbons (Fsp3) is 0. The summed E-state index contributed by atoms with van der Waals surface area (Å²) in [6, 6.07) is 10.7. The molecule has 0 fully saturated rings. The zero-order valence-electron chi connectivity index (χ0n) is 10.5. The number of anilines is 1. The van der Waals surface area contributed by atoms with Crippen molar-refractivity contribution in [2.24, 2.45) is 0 Å². The van der Waals surface area contributed by atoms with Gasteiger partial charge < -0.3 is 5.73 Å². The number of carbonyl (C=O) groups excluding carboxylic acids is 1. The predicted octanol–water partition coefficient (Wildman–Crippen LogP) is 5.63. The van der Waals surface area contributed by atoms with Gasteiger partial charge >= 0.3 is 0 Å². The molecule has 0 amide bonds. The van der Waals surface area contributed by atoms with E-state index in [-0.39, 0.29) is 5.78 Å². The van der Waals surface area contributed by atoms with Crippen LogP contribution in [0.1, 0.15) is 15.2 Å². The number of nitrogen functional groups attached to an aromatic ring is 1. The van der Waals surface area contributed by atoms with E-state index in [1.54, 1.807) is 18.2 Å². The summed E-state index contributed by atoms with van der Waals surface area (Å²) in [4.78, 5) is 13.2. The van der Waals surface area contributed by atoms with Gasteiger partial charge in [-0.15, -0.1) is 11.3 Å². The molecule has 0 atom stereocenters. The van der Waals surface area contributed by atoms with E-state index >= 15 is 0 Å². The van der Waals surface area contributed by atoms with Crippen LogP contribution in [0.2, 0.25) is 10.0 Å². The molecule has 2 N–H and O–H groups in total. The Balaban J connectivity index is 2.15. The molecule has 2 aromatic carbocycles. The summed E-state index contributed by atoms with van der Waals surface area (Å²) in [5, 5.41) is 1.73. The lowest BCUT2D eigenvalue weighted by atomic mass is 10.1. The molecule has 1 aromatic heterocycles. The second kappa shape index (κ2) is 5.76. The van der Waals surface area contributed by atoms with Crippen molar-refractivity contribution >= 4 is 78.7 Å². The average molecular weight is 448 g/mol. The molecule has 106 valence electrons. The number of hydrogen-bond donors (Lipinski definition) is 1. The summed E-state index contributed by atoms with van der Waals surface area (Å²) in [5.74, 6) is -0.176. The number of halogens is 3. The molecule has 3 aromatic rings. The lowest BCUT2D eigenvalue weighted by Crippen LogP contribution is -2.02. The van der Waals surface area contributed by atoms with Crippen molar-refractivity contribution in [2.75, 3.05) is 5.73 Å². The molecule has 0 unspecified atom stereocenters. The van der Waals surface area contributed by atoms with Gasteiger partial charge in [-0.05, 0) is 52.9 Å². The molecule has 0 saturated heterocycles. The summed E-state index contributed by atoms with van der Waals surface area (Å²) < 4.78 is 2.10. The maximum atomic E-state index is 12.7. The first-order valence-corrected chi connectivity index (χ1v) is 8.60. The van der Waals surface area contributed by atoms with Crippen LogP contribution in [-0.4, -0.2) is 5.78 Å². The number of fused-ring (bicyclic) bond motifs is 1. The Kier molecular flexibility index (Phi) is 4.14. The summed E-state index contributed by atoms with van der Waals surface area (Å²) >= 11 is 15.6. The molecule has 2 nitrogen and oxygen atoms in total. The van der Waals surface area contributed by atoms with E-state index in [1.165, 1.54) is 11.3 Å². The third-order valence-corrected chi connectivity index (χ3v) is 5.46. The number of rotatable bonds is 2. The number of thiophene rings is 1. The summed E-state index contributed by atoms with van der Waals surface area (Å²) in [7, 11) is 0. The van der Waals surface area contributed by atoms with Crippen LogP contribution in [0.25, 0.3) is 10.1 Å². The van der Waals surface area contributed by atoms with E-state index in [4.69, 9.17) is 28.9 Å². The van der Waals surface area contributed by atoms with Crippen molar-refractivity contribution < 1.29 is 4.79 Å². The average Bonchev–Trinajstić information content (AvgIpc) is 2.75. The Bertz CT molecular complexity index is 875. The lowest BCUT2D eigenvalue weighted by molar-refractivity contribution is 0.104. The van der Waals surface area contributed by atoms with Gasteiger partial charge in [0.15, 0.2) is 0 Å². The molecular formula is C15H8Cl2INOS. The van der Waals surface area contributed by atoms with Gasteiger partial charge in [0, 0.05) is 24.2 Å². The molecule has 0 aliphatic rings. The Labute approximate surface area is 149 Å². The zero-order chi connectivity index (χ0) is 15.1. The van der Waals surface area contributed by atoms with Crippen molar-refractivity contribution in [1.29, 1.82) is 0 Å². The molecule has 0 radical (unpaired) electrons. The SMILES string of the molecule is Nc1c(C(=O)c2ccc(Cl)cc2Cl)sc2cc(I)ccc12. The van der Waals surface area contributed by atoms with Crippen molar-refractivity contribution in [1.82, 2.24) is 0 Å². The number of ketones is 1. The summed E-state index contributed by atoms with van der Waals surface area (Å²) in [6.45, 7) is 0. The number of benzene rings is 2. The predicted molar refractivity (Wildman–Crippen MR) is 98.8 cm³/mol. The third kappa shape index (κ3) is 2.77. The highest BCUT2D eigenvalue weighted by Gasteiger charge is 2.20. The van der Waals surface area contributed by atoms with Gasteiger partial charge in [-0.3, -0.25) is 4.79 Å². The molecule has 21 heavy (non-hydrogen) atoms. The maximum Gasteiger partial charge on any atom is 0.206 e. The summed E-state index contributed by atoms with van der Waals surface area (Å²) in [5.41, 5.74) is 7.04. The Morgan fingerprint density at radius 1 is 1.14 bits per heavy atom. The van der Waals surface area contributed by atoms with Crippen LogP contribution in [-0.2, 0) is 0 Å². The Morgan fingerprint density at radius 2 is 1.90 bits per heavy atom. The number of carbonyl (C=O) groups is 1. The fourth-order valence-electron chi connectivity index (χ4n) is 2.05. The van der Waals surface area contributed by atoms with E-state index in [0.717, 1.165) is 13.7 Å². The second-order valence-electron chi connectivity index (χ2n) is 4.44. The van der Waals surface area contributed by atoms with Crippen molar-refractivity contribution in [3.05, 3.63) is 60.5 Å². The van der Waals surface area contributed by atoms with Crippen LogP contribution in [0.4, 0.5) is 5.69 Å². The normalized spacial score (nSPS) is 11.0. The molecule has 0 bridgehead atoms.